The van der Waals surface area contributed by atoms with Crippen molar-refractivity contribution in [3.8, 4) is 0 Å². The summed E-state index contributed by atoms with van der Waals surface area (Å²) in [6.07, 6.45) is 0.607. The van der Waals surface area contributed by atoms with Crippen molar-refractivity contribution in [2.24, 2.45) is 0 Å². The van der Waals surface area contributed by atoms with E-state index in [1.165, 1.54) is 0 Å². The second kappa shape index (κ2) is 3.45. The summed E-state index contributed by atoms with van der Waals surface area (Å²) >= 11 is 0. The summed E-state index contributed by atoms with van der Waals surface area (Å²) in [4.78, 5) is 10.1. The van der Waals surface area contributed by atoms with Crippen LogP contribution in [0.2, 0.25) is 0 Å². The van der Waals surface area contributed by atoms with Crippen molar-refractivity contribution in [3.05, 3.63) is 29.7 Å². The minimum atomic E-state index is -0.451. The fraction of sp³-hybridized carbons (Fsp3) is 0.111. The highest BCUT2D eigenvalue weighted by atomic mass is 19.1. The average molecular weight is 193 g/mol. The van der Waals surface area contributed by atoms with Crippen LogP contribution < -0.4 is 5.32 Å². The molecule has 2 aromatic rings. The summed E-state index contributed by atoms with van der Waals surface area (Å²) in [5.41, 5.74) is 1.42. The maximum Gasteiger partial charge on any atom is 0.216 e. The molecule has 0 radical (unpaired) electrons. The fourth-order valence-electron chi connectivity index (χ4n) is 1.30. The lowest BCUT2D eigenvalue weighted by atomic mass is 10.1. The molecular formula is C9H8FN3O. The molecule has 4 nitrogen and oxygen atoms in total. The number of carbonyl (C=O) groups is 1. The SMILES string of the molecule is O=CNCc1ccc2n[nH]c(F)c2c1. The largest absolute Gasteiger partial charge is 0.355 e. The van der Waals surface area contributed by atoms with E-state index in [2.05, 4.69) is 15.5 Å². The highest BCUT2D eigenvalue weighted by molar-refractivity contribution is 5.79. The van der Waals surface area contributed by atoms with Gasteiger partial charge >= 0.3 is 0 Å². The van der Waals surface area contributed by atoms with Gasteiger partial charge in [-0.2, -0.15) is 9.49 Å². The molecule has 0 aliphatic rings. The van der Waals surface area contributed by atoms with Crippen LogP contribution in [0.4, 0.5) is 4.39 Å². The number of hydrogen-bond donors (Lipinski definition) is 2. The van der Waals surface area contributed by atoms with E-state index in [1.54, 1.807) is 18.2 Å². The number of H-pyrrole nitrogens is 1. The number of halogens is 1. The van der Waals surface area contributed by atoms with Gasteiger partial charge in [0.25, 0.3) is 0 Å². The van der Waals surface area contributed by atoms with Crippen molar-refractivity contribution in [3.63, 3.8) is 0 Å². The number of nitrogens with zero attached hydrogens (tertiary/aromatic N) is 1. The van der Waals surface area contributed by atoms with Gasteiger partial charge < -0.3 is 5.32 Å². The van der Waals surface area contributed by atoms with Crippen molar-refractivity contribution < 1.29 is 9.18 Å². The van der Waals surface area contributed by atoms with Crippen LogP contribution in [0.5, 0.6) is 0 Å². The standard InChI is InChI=1S/C9H8FN3O/c10-9-7-3-6(4-11-5-14)1-2-8(7)12-13-9/h1-3,5H,4H2,(H,11,14)(H,12,13). The molecule has 0 unspecified atom stereocenters. The van der Waals surface area contributed by atoms with E-state index < -0.39 is 5.95 Å². The average Bonchev–Trinajstić information content (AvgIpc) is 2.57. The van der Waals surface area contributed by atoms with E-state index in [4.69, 9.17) is 0 Å². The molecule has 14 heavy (non-hydrogen) atoms. The predicted molar refractivity (Wildman–Crippen MR) is 49.0 cm³/mol. The Morgan fingerprint density at radius 2 is 2.43 bits per heavy atom. The summed E-state index contributed by atoms with van der Waals surface area (Å²) in [6, 6.07) is 5.15. The Balaban J connectivity index is 2.39. The Hall–Kier alpha value is -1.91. The number of aromatic amines is 1. The topological polar surface area (TPSA) is 57.8 Å². The molecule has 1 heterocycles. The lowest BCUT2D eigenvalue weighted by molar-refractivity contribution is -0.109. The van der Waals surface area contributed by atoms with Crippen LogP contribution in [0.25, 0.3) is 10.9 Å². The fourth-order valence-corrected chi connectivity index (χ4v) is 1.30. The van der Waals surface area contributed by atoms with E-state index in [0.29, 0.717) is 23.9 Å². The molecule has 1 aromatic heterocycles. The minimum absolute atomic E-state index is 0.393. The van der Waals surface area contributed by atoms with Crippen LogP contribution in [0.15, 0.2) is 18.2 Å². The molecule has 0 fully saturated rings. The Morgan fingerprint density at radius 1 is 1.57 bits per heavy atom. The molecule has 2 N–H and O–H groups in total. The zero-order chi connectivity index (χ0) is 9.97. The van der Waals surface area contributed by atoms with Gasteiger partial charge in [0.2, 0.25) is 12.4 Å². The van der Waals surface area contributed by atoms with Crippen LogP contribution in [-0.2, 0) is 11.3 Å². The zero-order valence-corrected chi connectivity index (χ0v) is 7.25. The van der Waals surface area contributed by atoms with Crippen LogP contribution in [0.1, 0.15) is 5.56 Å². The monoisotopic (exact) mass is 193 g/mol. The maximum absolute atomic E-state index is 13.0. The molecule has 0 aliphatic carbocycles. The van der Waals surface area contributed by atoms with E-state index in [1.807, 2.05) is 0 Å². The van der Waals surface area contributed by atoms with Gasteiger partial charge in [0, 0.05) is 6.54 Å². The predicted octanol–water partition coefficient (Wildman–Crippen LogP) is 0.948. The van der Waals surface area contributed by atoms with E-state index in [9.17, 15) is 9.18 Å². The van der Waals surface area contributed by atoms with Gasteiger partial charge in [-0.3, -0.25) is 9.89 Å². The number of amides is 1. The summed E-state index contributed by atoms with van der Waals surface area (Å²) in [5.74, 6) is -0.451. The minimum Gasteiger partial charge on any atom is -0.355 e. The first kappa shape index (κ1) is 8.68. The van der Waals surface area contributed by atoms with Crippen molar-refractivity contribution in [2.75, 3.05) is 0 Å². The Morgan fingerprint density at radius 3 is 3.21 bits per heavy atom. The molecule has 0 spiro atoms. The number of aromatic nitrogens is 2. The highest BCUT2D eigenvalue weighted by Gasteiger charge is 2.04. The van der Waals surface area contributed by atoms with Crippen molar-refractivity contribution in [2.45, 2.75) is 6.54 Å². The number of benzene rings is 1. The zero-order valence-electron chi connectivity index (χ0n) is 7.25. The van der Waals surface area contributed by atoms with Gasteiger partial charge in [0.15, 0.2) is 0 Å². The molecule has 0 saturated heterocycles. The van der Waals surface area contributed by atoms with E-state index in [0.717, 1.165) is 5.56 Å². The van der Waals surface area contributed by atoms with E-state index >= 15 is 0 Å². The number of nitrogens with one attached hydrogen (secondary N) is 2. The second-order valence-corrected chi connectivity index (χ2v) is 2.89. The van der Waals surface area contributed by atoms with E-state index in [-0.39, 0.29) is 0 Å². The van der Waals surface area contributed by atoms with Crippen molar-refractivity contribution >= 4 is 17.3 Å². The van der Waals surface area contributed by atoms with Gasteiger partial charge in [-0.05, 0) is 17.7 Å². The molecule has 1 amide bonds. The first-order valence-corrected chi connectivity index (χ1v) is 4.11. The smallest absolute Gasteiger partial charge is 0.216 e. The molecule has 5 heteroatoms. The molecule has 0 atom stereocenters. The number of carbonyl (C=O) groups excluding carboxylic acids is 1. The van der Waals surface area contributed by atoms with Crippen LogP contribution in [0.3, 0.4) is 0 Å². The van der Waals surface area contributed by atoms with Gasteiger partial charge in [-0.15, -0.1) is 0 Å². The Kier molecular flexibility index (Phi) is 2.14. The normalized spacial score (nSPS) is 10.4. The molecular weight excluding hydrogens is 185 g/mol. The van der Waals surface area contributed by atoms with Crippen LogP contribution >= 0.6 is 0 Å². The first-order chi connectivity index (χ1) is 6.81. The molecule has 0 bridgehead atoms. The van der Waals surface area contributed by atoms with Crippen molar-refractivity contribution in [1.82, 2.24) is 15.5 Å². The molecule has 0 saturated carbocycles. The third-order valence-corrected chi connectivity index (χ3v) is 1.96. The highest BCUT2D eigenvalue weighted by Crippen LogP contribution is 2.16. The molecule has 72 valence electrons. The van der Waals surface area contributed by atoms with Gasteiger partial charge in [-0.25, -0.2) is 0 Å². The maximum atomic E-state index is 13.0. The first-order valence-electron chi connectivity index (χ1n) is 4.11. The number of hydrogen-bond acceptors (Lipinski definition) is 2. The molecule has 1 aromatic carbocycles. The molecule has 0 aliphatic heterocycles. The summed E-state index contributed by atoms with van der Waals surface area (Å²) in [7, 11) is 0. The lowest BCUT2D eigenvalue weighted by Crippen LogP contribution is -2.09. The van der Waals surface area contributed by atoms with Gasteiger partial charge in [0.05, 0.1) is 10.9 Å². The summed E-state index contributed by atoms with van der Waals surface area (Å²) in [5, 5.41) is 8.95. The van der Waals surface area contributed by atoms with Crippen LogP contribution in [0, 0.1) is 5.95 Å². The second-order valence-electron chi connectivity index (χ2n) is 2.89. The van der Waals surface area contributed by atoms with Gasteiger partial charge in [0.1, 0.15) is 0 Å². The van der Waals surface area contributed by atoms with Gasteiger partial charge in [-0.1, -0.05) is 6.07 Å². The quantitative estimate of drug-likeness (QED) is 0.713. The van der Waals surface area contributed by atoms with Crippen LogP contribution in [-0.4, -0.2) is 16.6 Å². The molecule has 2 rings (SSSR count). The third-order valence-electron chi connectivity index (χ3n) is 1.96. The lowest BCUT2D eigenvalue weighted by Gasteiger charge is -1.98. The van der Waals surface area contributed by atoms with Crippen molar-refractivity contribution in [1.29, 1.82) is 0 Å². The third kappa shape index (κ3) is 1.44. The Bertz CT molecular complexity index is 466. The number of fused-ring (bicyclic) bond motifs is 1. The summed E-state index contributed by atoms with van der Waals surface area (Å²) in [6.45, 7) is 0.393. The summed E-state index contributed by atoms with van der Waals surface area (Å²) < 4.78 is 13.0. The Labute approximate surface area is 79.1 Å². The number of rotatable bonds is 3.